The van der Waals surface area contributed by atoms with Crippen molar-refractivity contribution in [2.24, 2.45) is 0 Å². The molecule has 0 saturated carbocycles. The van der Waals surface area contributed by atoms with E-state index in [4.69, 9.17) is 4.74 Å². The van der Waals surface area contributed by atoms with Crippen molar-refractivity contribution in [2.75, 3.05) is 0 Å². The molecule has 0 radical (unpaired) electrons. The van der Waals surface area contributed by atoms with E-state index < -0.39 is 0 Å². The van der Waals surface area contributed by atoms with Crippen molar-refractivity contribution in [1.82, 2.24) is 4.98 Å². The molecule has 1 heterocycles. The second-order valence-electron chi connectivity index (χ2n) is 4.84. The minimum Gasteiger partial charge on any atom is -0.438 e. The number of ether oxygens (including phenoxy) is 1. The lowest BCUT2D eigenvalue weighted by molar-refractivity contribution is 0.455. The summed E-state index contributed by atoms with van der Waals surface area (Å²) in [4.78, 5) is 4.66. The van der Waals surface area contributed by atoms with Crippen LogP contribution in [0.5, 0.6) is 11.6 Å². The number of nitrogens with zero attached hydrogens (tertiary/aromatic N) is 1. The van der Waals surface area contributed by atoms with Gasteiger partial charge in [-0.05, 0) is 30.2 Å². The van der Waals surface area contributed by atoms with Crippen molar-refractivity contribution in [3.63, 3.8) is 0 Å². The maximum atomic E-state index is 6.09. The molecular weight excluding hydrogens is 326 g/mol. The van der Waals surface area contributed by atoms with Crippen LogP contribution in [-0.4, -0.2) is 4.98 Å². The van der Waals surface area contributed by atoms with Gasteiger partial charge in [0.05, 0.1) is 5.52 Å². The number of halogens is 1. The molecule has 3 heteroatoms. The lowest BCUT2D eigenvalue weighted by Gasteiger charge is -2.12. The Morgan fingerprint density at radius 2 is 1.76 bits per heavy atom. The maximum Gasteiger partial charge on any atom is 0.223 e. The monoisotopic (exact) mass is 341 g/mol. The number of hydrogen-bond acceptors (Lipinski definition) is 2. The molecule has 0 spiro atoms. The van der Waals surface area contributed by atoms with Gasteiger partial charge in [0, 0.05) is 16.3 Å². The van der Waals surface area contributed by atoms with Gasteiger partial charge in [0.25, 0.3) is 0 Å². The summed E-state index contributed by atoms with van der Waals surface area (Å²) in [5.74, 6) is 1.55. The fourth-order valence-electron chi connectivity index (χ4n) is 2.33. The molecule has 0 N–H and O–H groups in total. The number of benzene rings is 2. The summed E-state index contributed by atoms with van der Waals surface area (Å²) in [6.07, 6.45) is 0.938. The number of hydrogen-bond donors (Lipinski definition) is 0. The average molecular weight is 342 g/mol. The standard InChI is InChI=1S/C18H16BrNO/c1-2-13-7-4-6-10-17(13)21-18-15(12-19)11-14-8-3-5-9-16(14)20-18/h3-11H,2,12H2,1H3. The number of fused-ring (bicyclic) bond motifs is 1. The molecule has 0 unspecified atom stereocenters. The Morgan fingerprint density at radius 3 is 2.57 bits per heavy atom. The van der Waals surface area contributed by atoms with Gasteiger partial charge in [0.15, 0.2) is 0 Å². The number of para-hydroxylation sites is 2. The van der Waals surface area contributed by atoms with Gasteiger partial charge in [-0.3, -0.25) is 0 Å². The molecule has 0 aliphatic carbocycles. The highest BCUT2D eigenvalue weighted by Gasteiger charge is 2.10. The Bertz CT molecular complexity index is 770. The number of alkyl halides is 1. The van der Waals surface area contributed by atoms with Crippen molar-refractivity contribution in [3.8, 4) is 11.6 Å². The van der Waals surface area contributed by atoms with Crippen LogP contribution in [0.3, 0.4) is 0 Å². The van der Waals surface area contributed by atoms with Crippen molar-refractivity contribution in [1.29, 1.82) is 0 Å². The Balaban J connectivity index is 2.06. The molecule has 0 fully saturated rings. The Hall–Kier alpha value is -1.87. The van der Waals surface area contributed by atoms with E-state index in [2.05, 4.69) is 46.0 Å². The van der Waals surface area contributed by atoms with Crippen LogP contribution in [0.15, 0.2) is 54.6 Å². The molecular formula is C18H16BrNO. The predicted octanol–water partition coefficient (Wildman–Crippen LogP) is 5.48. The third-order valence-electron chi connectivity index (χ3n) is 3.47. The molecule has 2 aromatic carbocycles. The zero-order chi connectivity index (χ0) is 14.7. The first-order chi connectivity index (χ1) is 10.3. The summed E-state index contributed by atoms with van der Waals surface area (Å²) in [6, 6.07) is 18.3. The van der Waals surface area contributed by atoms with Gasteiger partial charge in [-0.15, -0.1) is 0 Å². The number of aromatic nitrogens is 1. The maximum absolute atomic E-state index is 6.09. The van der Waals surface area contributed by atoms with Crippen molar-refractivity contribution in [3.05, 3.63) is 65.7 Å². The highest BCUT2D eigenvalue weighted by atomic mass is 79.9. The average Bonchev–Trinajstić information content (AvgIpc) is 2.54. The second-order valence-corrected chi connectivity index (χ2v) is 5.40. The predicted molar refractivity (Wildman–Crippen MR) is 90.3 cm³/mol. The van der Waals surface area contributed by atoms with E-state index in [-0.39, 0.29) is 0 Å². The quantitative estimate of drug-likeness (QED) is 0.586. The smallest absolute Gasteiger partial charge is 0.223 e. The second kappa shape index (κ2) is 6.27. The summed E-state index contributed by atoms with van der Waals surface area (Å²) >= 11 is 3.52. The third-order valence-corrected chi connectivity index (χ3v) is 4.07. The summed E-state index contributed by atoms with van der Waals surface area (Å²) in [7, 11) is 0. The SMILES string of the molecule is CCc1ccccc1Oc1nc2ccccc2cc1CBr. The lowest BCUT2D eigenvalue weighted by Crippen LogP contribution is -1.96. The molecule has 3 aromatic rings. The van der Waals surface area contributed by atoms with Gasteiger partial charge in [0.1, 0.15) is 5.75 Å². The Kier molecular flexibility index (Phi) is 4.20. The molecule has 3 rings (SSSR count). The molecule has 0 saturated heterocycles. The van der Waals surface area contributed by atoms with Gasteiger partial charge in [-0.25, -0.2) is 4.98 Å². The van der Waals surface area contributed by atoms with Crippen molar-refractivity contribution in [2.45, 2.75) is 18.7 Å². The van der Waals surface area contributed by atoms with Crippen LogP contribution in [0.1, 0.15) is 18.1 Å². The van der Waals surface area contributed by atoms with E-state index in [0.717, 1.165) is 28.6 Å². The van der Waals surface area contributed by atoms with E-state index >= 15 is 0 Å². The fraction of sp³-hybridized carbons (Fsp3) is 0.167. The zero-order valence-electron chi connectivity index (χ0n) is 11.8. The Labute approximate surface area is 132 Å². The molecule has 0 amide bonds. The van der Waals surface area contributed by atoms with Crippen LogP contribution in [-0.2, 0) is 11.8 Å². The molecule has 2 nitrogen and oxygen atoms in total. The van der Waals surface area contributed by atoms with E-state index in [1.165, 1.54) is 5.56 Å². The van der Waals surface area contributed by atoms with E-state index in [0.29, 0.717) is 11.2 Å². The minimum atomic E-state index is 0.673. The summed E-state index contributed by atoms with van der Waals surface area (Å²) in [6.45, 7) is 2.13. The first kappa shape index (κ1) is 14.1. The van der Waals surface area contributed by atoms with Crippen LogP contribution in [0.25, 0.3) is 10.9 Å². The highest BCUT2D eigenvalue weighted by Crippen LogP contribution is 2.30. The van der Waals surface area contributed by atoms with Gasteiger partial charge in [-0.1, -0.05) is 59.3 Å². The first-order valence-corrected chi connectivity index (χ1v) is 8.14. The van der Waals surface area contributed by atoms with E-state index in [9.17, 15) is 0 Å². The van der Waals surface area contributed by atoms with Crippen LogP contribution in [0.4, 0.5) is 0 Å². The minimum absolute atomic E-state index is 0.673. The number of rotatable bonds is 4. The summed E-state index contributed by atoms with van der Waals surface area (Å²) in [5, 5.41) is 1.84. The normalized spacial score (nSPS) is 10.8. The number of pyridine rings is 1. The van der Waals surface area contributed by atoms with Gasteiger partial charge in [0.2, 0.25) is 5.88 Å². The van der Waals surface area contributed by atoms with Gasteiger partial charge >= 0.3 is 0 Å². The van der Waals surface area contributed by atoms with Crippen molar-refractivity contribution >= 4 is 26.8 Å². The Morgan fingerprint density at radius 1 is 1.00 bits per heavy atom. The topological polar surface area (TPSA) is 22.1 Å². The van der Waals surface area contributed by atoms with Gasteiger partial charge < -0.3 is 4.74 Å². The molecule has 0 atom stereocenters. The van der Waals surface area contributed by atoms with Crippen molar-refractivity contribution < 1.29 is 4.74 Å². The van der Waals surface area contributed by atoms with Crippen LogP contribution in [0.2, 0.25) is 0 Å². The summed E-state index contributed by atoms with van der Waals surface area (Å²) < 4.78 is 6.09. The summed E-state index contributed by atoms with van der Waals surface area (Å²) in [5.41, 5.74) is 3.19. The van der Waals surface area contributed by atoms with Crippen LogP contribution in [0, 0.1) is 0 Å². The third kappa shape index (κ3) is 2.93. The molecule has 0 bridgehead atoms. The highest BCUT2D eigenvalue weighted by molar-refractivity contribution is 9.08. The fourth-order valence-corrected chi connectivity index (χ4v) is 2.73. The van der Waals surface area contributed by atoms with E-state index in [1.54, 1.807) is 0 Å². The number of aryl methyl sites for hydroxylation is 1. The van der Waals surface area contributed by atoms with Crippen LogP contribution < -0.4 is 4.74 Å². The molecule has 1 aromatic heterocycles. The largest absolute Gasteiger partial charge is 0.438 e. The zero-order valence-corrected chi connectivity index (χ0v) is 13.4. The van der Waals surface area contributed by atoms with Crippen LogP contribution >= 0.6 is 15.9 Å². The molecule has 0 aliphatic rings. The molecule has 21 heavy (non-hydrogen) atoms. The van der Waals surface area contributed by atoms with Gasteiger partial charge in [-0.2, -0.15) is 0 Å². The first-order valence-electron chi connectivity index (χ1n) is 7.02. The molecule has 106 valence electrons. The van der Waals surface area contributed by atoms with E-state index in [1.807, 2.05) is 36.4 Å². The lowest BCUT2D eigenvalue weighted by atomic mass is 10.1. The molecule has 0 aliphatic heterocycles.